The zero-order chi connectivity index (χ0) is 14.3. The molecule has 1 aromatic rings. The van der Waals surface area contributed by atoms with Gasteiger partial charge in [0.15, 0.2) is 0 Å². The lowest BCUT2D eigenvalue weighted by atomic mass is 9.97. The van der Waals surface area contributed by atoms with Crippen LogP contribution in [-0.4, -0.2) is 15.5 Å². The largest absolute Gasteiger partial charge is 0.591 e. The van der Waals surface area contributed by atoms with E-state index in [0.29, 0.717) is 5.56 Å². The first-order chi connectivity index (χ1) is 8.72. The summed E-state index contributed by atoms with van der Waals surface area (Å²) in [7, 11) is 0. The lowest BCUT2D eigenvalue weighted by Crippen LogP contribution is -2.25. The van der Waals surface area contributed by atoms with Crippen LogP contribution in [0.15, 0.2) is 22.6 Å². The van der Waals surface area contributed by atoms with Crippen LogP contribution in [0.3, 0.4) is 0 Å². The standard InChI is InChI=1S/C15H20FNOS/c1-14(2,3)19(18)17-10-11-5-6-12(13(16)9-11)15(4)7-8-15/h5-6,9-10H,7-8H2,1-4H3. The maximum atomic E-state index is 14.0. The minimum atomic E-state index is -1.31. The predicted octanol–water partition coefficient (Wildman–Crippen LogP) is 3.76. The first-order valence-electron chi connectivity index (χ1n) is 6.48. The Morgan fingerprint density at radius 2 is 2.00 bits per heavy atom. The lowest BCUT2D eigenvalue weighted by molar-refractivity contribution is 0.561. The molecule has 1 unspecified atom stereocenters. The van der Waals surface area contributed by atoms with E-state index in [1.54, 1.807) is 0 Å². The molecule has 1 aromatic carbocycles. The second kappa shape index (κ2) is 4.91. The molecule has 19 heavy (non-hydrogen) atoms. The van der Waals surface area contributed by atoms with Crippen LogP contribution in [-0.2, 0) is 16.8 Å². The fourth-order valence-corrected chi connectivity index (χ4v) is 2.36. The van der Waals surface area contributed by atoms with Crippen molar-refractivity contribution in [3.05, 3.63) is 35.1 Å². The van der Waals surface area contributed by atoms with Crippen LogP contribution in [0.5, 0.6) is 0 Å². The van der Waals surface area contributed by atoms with Gasteiger partial charge in [0.2, 0.25) is 0 Å². The Bertz CT molecular complexity index is 503. The Kier molecular flexibility index (Phi) is 3.76. The van der Waals surface area contributed by atoms with Gasteiger partial charge in [-0.3, -0.25) is 0 Å². The summed E-state index contributed by atoms with van der Waals surface area (Å²) < 4.78 is 29.4. The monoisotopic (exact) mass is 281 g/mol. The highest BCUT2D eigenvalue weighted by molar-refractivity contribution is 7.91. The summed E-state index contributed by atoms with van der Waals surface area (Å²) in [6, 6.07) is 5.14. The van der Waals surface area contributed by atoms with Gasteiger partial charge in [0, 0.05) is 5.56 Å². The molecule has 0 radical (unpaired) electrons. The minimum Gasteiger partial charge on any atom is -0.591 e. The molecular formula is C15H20FNOS. The molecule has 1 aliphatic carbocycles. The quantitative estimate of drug-likeness (QED) is 0.614. The van der Waals surface area contributed by atoms with Gasteiger partial charge in [-0.05, 0) is 50.7 Å². The van der Waals surface area contributed by atoms with Gasteiger partial charge in [0.05, 0.1) is 6.21 Å². The van der Waals surface area contributed by atoms with Crippen LogP contribution < -0.4 is 0 Å². The van der Waals surface area contributed by atoms with Crippen molar-refractivity contribution in [2.24, 2.45) is 4.40 Å². The molecule has 0 saturated heterocycles. The van der Waals surface area contributed by atoms with Crippen LogP contribution in [0.1, 0.15) is 51.7 Å². The third kappa shape index (κ3) is 3.37. The smallest absolute Gasteiger partial charge is 0.144 e. The van der Waals surface area contributed by atoms with Gasteiger partial charge in [-0.15, -0.1) is 0 Å². The number of hydrogen-bond acceptors (Lipinski definition) is 2. The van der Waals surface area contributed by atoms with Crippen molar-refractivity contribution in [3.8, 4) is 0 Å². The van der Waals surface area contributed by atoms with Crippen molar-refractivity contribution < 1.29 is 8.94 Å². The van der Waals surface area contributed by atoms with Crippen LogP contribution >= 0.6 is 0 Å². The van der Waals surface area contributed by atoms with E-state index in [1.165, 1.54) is 12.3 Å². The Morgan fingerprint density at radius 3 is 2.47 bits per heavy atom. The van der Waals surface area contributed by atoms with Crippen molar-refractivity contribution in [3.63, 3.8) is 0 Å². The van der Waals surface area contributed by atoms with Gasteiger partial charge < -0.3 is 4.55 Å². The fraction of sp³-hybridized carbons (Fsp3) is 0.533. The number of nitrogens with zero attached hydrogens (tertiary/aromatic N) is 1. The molecule has 1 atom stereocenters. The van der Waals surface area contributed by atoms with Crippen molar-refractivity contribution in [2.75, 3.05) is 0 Å². The Hall–Kier alpha value is -0.870. The summed E-state index contributed by atoms with van der Waals surface area (Å²) in [6.07, 6.45) is 3.58. The average Bonchev–Trinajstić information content (AvgIpc) is 3.03. The molecule has 1 saturated carbocycles. The van der Waals surface area contributed by atoms with Gasteiger partial charge in [-0.1, -0.05) is 23.5 Å². The maximum Gasteiger partial charge on any atom is 0.144 e. The van der Waals surface area contributed by atoms with Crippen molar-refractivity contribution in [1.29, 1.82) is 0 Å². The Labute approximate surface area is 117 Å². The number of halogens is 1. The second-order valence-corrected chi connectivity index (χ2v) is 8.33. The first kappa shape index (κ1) is 14.5. The highest BCUT2D eigenvalue weighted by Crippen LogP contribution is 2.48. The summed E-state index contributed by atoms with van der Waals surface area (Å²) in [5, 5.41) is 0. The lowest BCUT2D eigenvalue weighted by Gasteiger charge is -2.17. The molecule has 0 bridgehead atoms. The van der Waals surface area contributed by atoms with Crippen LogP contribution in [0.2, 0.25) is 0 Å². The number of benzene rings is 1. The van der Waals surface area contributed by atoms with Gasteiger partial charge in [0.1, 0.15) is 21.9 Å². The summed E-state index contributed by atoms with van der Waals surface area (Å²) >= 11 is -1.31. The highest BCUT2D eigenvalue weighted by atomic mass is 32.2. The van der Waals surface area contributed by atoms with Crippen molar-refractivity contribution in [1.82, 2.24) is 0 Å². The molecule has 104 valence electrons. The van der Waals surface area contributed by atoms with E-state index in [4.69, 9.17) is 0 Å². The molecule has 0 spiro atoms. The van der Waals surface area contributed by atoms with E-state index in [2.05, 4.69) is 11.3 Å². The zero-order valence-electron chi connectivity index (χ0n) is 11.9. The van der Waals surface area contributed by atoms with Crippen LogP contribution in [0.4, 0.5) is 4.39 Å². The number of rotatable bonds is 3. The van der Waals surface area contributed by atoms with Crippen molar-refractivity contribution in [2.45, 2.75) is 50.7 Å². The fourth-order valence-electron chi connectivity index (χ4n) is 1.82. The van der Waals surface area contributed by atoms with E-state index < -0.39 is 16.1 Å². The summed E-state index contributed by atoms with van der Waals surface area (Å²) in [5.41, 5.74) is 1.46. The molecule has 0 heterocycles. The van der Waals surface area contributed by atoms with Crippen LogP contribution in [0.25, 0.3) is 0 Å². The van der Waals surface area contributed by atoms with Crippen LogP contribution in [0, 0.1) is 5.82 Å². The zero-order valence-corrected chi connectivity index (χ0v) is 12.7. The molecule has 1 fully saturated rings. The minimum absolute atomic E-state index is 0.0218. The SMILES string of the molecule is CC1(c2ccc(C=N[S+]([O-])C(C)(C)C)cc2F)CC1. The van der Waals surface area contributed by atoms with E-state index in [9.17, 15) is 8.94 Å². The average molecular weight is 281 g/mol. The highest BCUT2D eigenvalue weighted by Gasteiger charge is 2.40. The van der Waals surface area contributed by atoms with Gasteiger partial charge >= 0.3 is 0 Å². The molecule has 0 N–H and O–H groups in total. The van der Waals surface area contributed by atoms with Gasteiger partial charge in [0.25, 0.3) is 0 Å². The second-order valence-electron chi connectivity index (χ2n) is 6.40. The number of hydrogen-bond donors (Lipinski definition) is 0. The Balaban J connectivity index is 2.15. The molecule has 4 heteroatoms. The van der Waals surface area contributed by atoms with E-state index in [0.717, 1.165) is 18.4 Å². The van der Waals surface area contributed by atoms with Gasteiger partial charge in [-0.25, -0.2) is 4.39 Å². The van der Waals surface area contributed by atoms with Crippen molar-refractivity contribution >= 4 is 17.6 Å². The molecule has 0 aliphatic heterocycles. The topological polar surface area (TPSA) is 35.4 Å². The molecule has 2 rings (SSSR count). The first-order valence-corrected chi connectivity index (χ1v) is 7.59. The third-order valence-electron chi connectivity index (χ3n) is 3.46. The third-order valence-corrected chi connectivity index (χ3v) is 4.81. The summed E-state index contributed by atoms with van der Waals surface area (Å²) in [6.45, 7) is 7.65. The van der Waals surface area contributed by atoms with E-state index in [-0.39, 0.29) is 11.2 Å². The molecular weight excluding hydrogens is 261 g/mol. The summed E-state index contributed by atoms with van der Waals surface area (Å²) in [5.74, 6) is -0.189. The Morgan fingerprint density at radius 1 is 1.37 bits per heavy atom. The summed E-state index contributed by atoms with van der Waals surface area (Å²) in [4.78, 5) is 0. The normalized spacial score (nSPS) is 19.7. The predicted molar refractivity (Wildman–Crippen MR) is 78.5 cm³/mol. The molecule has 0 amide bonds. The van der Waals surface area contributed by atoms with E-state index in [1.807, 2.05) is 32.9 Å². The molecule has 0 aromatic heterocycles. The van der Waals surface area contributed by atoms with E-state index >= 15 is 0 Å². The maximum absolute atomic E-state index is 14.0. The van der Waals surface area contributed by atoms with Gasteiger partial charge in [-0.2, -0.15) is 0 Å². The molecule has 1 aliphatic rings. The molecule has 2 nitrogen and oxygen atoms in total.